The molecule has 0 saturated heterocycles. The zero-order chi connectivity index (χ0) is 26.0. The summed E-state index contributed by atoms with van der Waals surface area (Å²) in [6, 6.07) is 19.5. The minimum atomic E-state index is -3.26. The molecule has 1 fully saturated rings. The number of carbonyl (C=O) groups excluding carboxylic acids is 1. The molecule has 194 valence electrons. The molecule has 0 unspecified atom stereocenters. The molecule has 0 aromatic heterocycles. The molecule has 1 saturated carbocycles. The summed E-state index contributed by atoms with van der Waals surface area (Å²) >= 11 is 0. The zero-order valence-electron chi connectivity index (χ0n) is 21.2. The summed E-state index contributed by atoms with van der Waals surface area (Å²) in [6.45, 7) is 4.48. The third-order valence-electron chi connectivity index (χ3n) is 7.13. The maximum absolute atomic E-state index is 13.4. The van der Waals surface area contributed by atoms with E-state index in [0.717, 1.165) is 52.8 Å². The molecular formula is C29H32N2O5S. The third kappa shape index (κ3) is 5.50. The summed E-state index contributed by atoms with van der Waals surface area (Å²) in [6.07, 6.45) is 3.08. The van der Waals surface area contributed by atoms with Gasteiger partial charge in [0, 0.05) is 12.2 Å². The van der Waals surface area contributed by atoms with Gasteiger partial charge in [-0.3, -0.25) is 4.79 Å². The molecule has 0 spiro atoms. The topological polar surface area (TPSA) is 93.7 Å². The lowest BCUT2D eigenvalue weighted by Gasteiger charge is -2.17. The number of unbranched alkanes of at least 4 members (excludes halogenated alkanes) is 1. The highest BCUT2D eigenvalue weighted by molar-refractivity contribution is 7.89. The third-order valence-corrected chi connectivity index (χ3v) is 8.54. The van der Waals surface area contributed by atoms with Crippen LogP contribution in [0.2, 0.25) is 0 Å². The van der Waals surface area contributed by atoms with Gasteiger partial charge in [0.25, 0.3) is 0 Å². The minimum absolute atomic E-state index is 0.0214. The number of hydrogen-bond donors (Lipinski definition) is 2. The van der Waals surface area contributed by atoms with Crippen LogP contribution in [0, 0.1) is 6.92 Å². The molecule has 1 aliphatic carbocycles. The SMILES string of the molecule is CCCCS(=O)(=O)NCc1ccc(-c2cc(NC(=O)C3(c4ccc5c(c4)OCO5)CC3)ccc2C)cc1. The first-order chi connectivity index (χ1) is 17.8. The van der Waals surface area contributed by atoms with Gasteiger partial charge in [0.1, 0.15) is 0 Å². The number of anilines is 1. The number of ether oxygens (including phenoxy) is 2. The first-order valence-corrected chi connectivity index (χ1v) is 14.3. The van der Waals surface area contributed by atoms with Gasteiger partial charge in [-0.05, 0) is 78.3 Å². The van der Waals surface area contributed by atoms with Gasteiger partial charge in [-0.15, -0.1) is 0 Å². The smallest absolute Gasteiger partial charge is 0.235 e. The Morgan fingerprint density at radius 1 is 0.973 bits per heavy atom. The summed E-state index contributed by atoms with van der Waals surface area (Å²) in [7, 11) is -3.26. The molecule has 7 nitrogen and oxygen atoms in total. The van der Waals surface area contributed by atoms with Crippen molar-refractivity contribution in [3.8, 4) is 22.6 Å². The molecule has 2 N–H and O–H groups in total. The summed E-state index contributed by atoms with van der Waals surface area (Å²) in [5.74, 6) is 1.52. The van der Waals surface area contributed by atoms with E-state index in [4.69, 9.17) is 9.47 Å². The lowest BCUT2D eigenvalue weighted by atomic mass is 9.94. The monoisotopic (exact) mass is 520 g/mol. The fourth-order valence-electron chi connectivity index (χ4n) is 4.63. The standard InChI is InChI=1S/C29H32N2O5S/c1-3-4-15-37(33,34)30-18-21-6-8-22(9-7-21)25-17-24(11-5-20(25)2)31-28(32)29(13-14-29)23-10-12-26-27(16-23)36-19-35-26/h5-12,16-17,30H,3-4,13-15,18-19H2,1-2H3,(H,31,32). The van der Waals surface area contributed by atoms with Gasteiger partial charge in [-0.2, -0.15) is 0 Å². The maximum Gasteiger partial charge on any atom is 0.235 e. The Bertz CT molecular complexity index is 1410. The van der Waals surface area contributed by atoms with Crippen LogP contribution in [0.4, 0.5) is 5.69 Å². The van der Waals surface area contributed by atoms with Crippen molar-refractivity contribution in [1.82, 2.24) is 4.72 Å². The number of benzene rings is 3. The number of nitrogens with one attached hydrogen (secondary N) is 2. The number of fused-ring (bicyclic) bond motifs is 1. The number of rotatable bonds is 10. The molecule has 1 heterocycles. The molecule has 0 radical (unpaired) electrons. The Balaban J connectivity index is 1.28. The van der Waals surface area contributed by atoms with Crippen molar-refractivity contribution in [2.75, 3.05) is 17.9 Å². The van der Waals surface area contributed by atoms with Crippen LogP contribution in [0.1, 0.15) is 49.3 Å². The highest BCUT2D eigenvalue weighted by atomic mass is 32.2. The molecule has 37 heavy (non-hydrogen) atoms. The van der Waals surface area contributed by atoms with Crippen LogP contribution < -0.4 is 19.5 Å². The van der Waals surface area contributed by atoms with Gasteiger partial charge in [-0.25, -0.2) is 13.1 Å². The van der Waals surface area contributed by atoms with Crippen LogP contribution in [0.25, 0.3) is 11.1 Å². The molecule has 3 aromatic rings. The van der Waals surface area contributed by atoms with E-state index < -0.39 is 15.4 Å². The van der Waals surface area contributed by atoms with Crippen LogP contribution in [0.5, 0.6) is 11.5 Å². The van der Waals surface area contributed by atoms with E-state index in [2.05, 4.69) is 10.0 Å². The van der Waals surface area contributed by atoms with Gasteiger partial charge in [0.05, 0.1) is 11.2 Å². The van der Waals surface area contributed by atoms with Crippen molar-refractivity contribution in [3.05, 3.63) is 77.4 Å². The molecule has 0 bridgehead atoms. The van der Waals surface area contributed by atoms with Crippen molar-refractivity contribution in [3.63, 3.8) is 0 Å². The van der Waals surface area contributed by atoms with Crippen LogP contribution in [-0.4, -0.2) is 26.9 Å². The number of sulfonamides is 1. The lowest BCUT2D eigenvalue weighted by molar-refractivity contribution is -0.118. The highest BCUT2D eigenvalue weighted by Crippen LogP contribution is 2.51. The van der Waals surface area contributed by atoms with E-state index in [1.165, 1.54) is 0 Å². The van der Waals surface area contributed by atoms with Crippen molar-refractivity contribution in [2.45, 2.75) is 51.5 Å². The van der Waals surface area contributed by atoms with Crippen LogP contribution in [0.3, 0.4) is 0 Å². The van der Waals surface area contributed by atoms with Crippen molar-refractivity contribution < 1.29 is 22.7 Å². The Hall–Kier alpha value is -3.36. The number of aryl methyl sites for hydroxylation is 1. The largest absolute Gasteiger partial charge is 0.454 e. The fourth-order valence-corrected chi connectivity index (χ4v) is 5.83. The van der Waals surface area contributed by atoms with Gasteiger partial charge >= 0.3 is 0 Å². The number of amides is 1. The number of hydrogen-bond acceptors (Lipinski definition) is 5. The molecule has 8 heteroatoms. The average Bonchev–Trinajstić information content (AvgIpc) is 3.58. The zero-order valence-corrected chi connectivity index (χ0v) is 22.0. The molecule has 5 rings (SSSR count). The molecule has 0 atom stereocenters. The van der Waals surface area contributed by atoms with Gasteiger partial charge in [0.2, 0.25) is 22.7 Å². The first kappa shape index (κ1) is 25.3. The van der Waals surface area contributed by atoms with E-state index in [9.17, 15) is 13.2 Å². The van der Waals surface area contributed by atoms with E-state index in [0.29, 0.717) is 17.9 Å². The Morgan fingerprint density at radius 2 is 1.73 bits per heavy atom. The second-order valence-corrected chi connectivity index (χ2v) is 11.8. The molecule has 2 aliphatic rings. The van der Waals surface area contributed by atoms with E-state index in [1.807, 2.05) is 74.5 Å². The molecule has 3 aromatic carbocycles. The minimum Gasteiger partial charge on any atom is -0.454 e. The van der Waals surface area contributed by atoms with Crippen molar-refractivity contribution in [2.24, 2.45) is 0 Å². The first-order valence-electron chi connectivity index (χ1n) is 12.7. The van der Waals surface area contributed by atoms with Crippen molar-refractivity contribution in [1.29, 1.82) is 0 Å². The normalized spacial score (nSPS) is 15.4. The summed E-state index contributed by atoms with van der Waals surface area (Å²) in [4.78, 5) is 13.4. The summed E-state index contributed by atoms with van der Waals surface area (Å²) in [5.41, 5.74) is 5.14. The molecular weight excluding hydrogens is 488 g/mol. The number of carbonyl (C=O) groups is 1. The quantitative estimate of drug-likeness (QED) is 0.379. The predicted molar refractivity (Wildman–Crippen MR) is 144 cm³/mol. The van der Waals surface area contributed by atoms with Crippen LogP contribution in [0.15, 0.2) is 60.7 Å². The van der Waals surface area contributed by atoms with E-state index in [-0.39, 0.29) is 25.0 Å². The molecule has 1 amide bonds. The Labute approximate surface area is 218 Å². The predicted octanol–water partition coefficient (Wildman–Crippen LogP) is 5.28. The van der Waals surface area contributed by atoms with Crippen molar-refractivity contribution >= 4 is 21.6 Å². The Morgan fingerprint density at radius 3 is 2.46 bits per heavy atom. The van der Waals surface area contributed by atoms with Gasteiger partial charge < -0.3 is 14.8 Å². The summed E-state index contributed by atoms with van der Waals surface area (Å²) in [5, 5.41) is 3.13. The van der Waals surface area contributed by atoms with Gasteiger partial charge in [-0.1, -0.05) is 49.7 Å². The lowest BCUT2D eigenvalue weighted by Crippen LogP contribution is -2.27. The maximum atomic E-state index is 13.4. The van der Waals surface area contributed by atoms with E-state index >= 15 is 0 Å². The van der Waals surface area contributed by atoms with Gasteiger partial charge in [0.15, 0.2) is 11.5 Å². The second kappa shape index (κ2) is 10.2. The highest BCUT2D eigenvalue weighted by Gasteiger charge is 2.51. The Kier molecular flexibility index (Phi) is 6.96. The van der Waals surface area contributed by atoms with Crippen LogP contribution >= 0.6 is 0 Å². The van der Waals surface area contributed by atoms with E-state index in [1.54, 1.807) is 0 Å². The second-order valence-electron chi connectivity index (χ2n) is 9.82. The van der Waals surface area contributed by atoms with Crippen LogP contribution in [-0.2, 0) is 26.8 Å². The summed E-state index contributed by atoms with van der Waals surface area (Å²) < 4.78 is 37.7. The average molecular weight is 521 g/mol. The fraction of sp³-hybridized carbons (Fsp3) is 0.345. The molecule has 1 aliphatic heterocycles.